The Balaban J connectivity index is 2.06. The van der Waals surface area contributed by atoms with Crippen LogP contribution in [-0.4, -0.2) is 5.91 Å². The summed E-state index contributed by atoms with van der Waals surface area (Å²) in [5.74, 6) is 0.151. The van der Waals surface area contributed by atoms with Gasteiger partial charge >= 0.3 is 0 Å². The van der Waals surface area contributed by atoms with E-state index in [-0.39, 0.29) is 5.91 Å². The van der Waals surface area contributed by atoms with Crippen LogP contribution in [0.15, 0.2) is 18.2 Å². The topological polar surface area (TPSA) is 29.1 Å². The van der Waals surface area contributed by atoms with Gasteiger partial charge in [0, 0.05) is 12.1 Å². The molecule has 0 radical (unpaired) electrons. The molecule has 1 aromatic carbocycles. The molecule has 1 aliphatic heterocycles. The van der Waals surface area contributed by atoms with Gasteiger partial charge in [-0.3, -0.25) is 4.79 Å². The minimum atomic E-state index is 0.151. The van der Waals surface area contributed by atoms with Crippen LogP contribution < -0.4 is 5.32 Å². The van der Waals surface area contributed by atoms with Crippen molar-refractivity contribution in [2.45, 2.75) is 45.4 Å². The van der Waals surface area contributed by atoms with Crippen molar-refractivity contribution >= 4 is 11.6 Å². The predicted octanol–water partition coefficient (Wildman–Crippen LogP) is 3.30. The first-order chi connectivity index (χ1) is 7.79. The Kier molecular flexibility index (Phi) is 3.60. The number of hydrogen-bond acceptors (Lipinski definition) is 1. The fourth-order valence-corrected chi connectivity index (χ4v) is 2.15. The lowest BCUT2D eigenvalue weighted by molar-refractivity contribution is -0.116. The number of carbonyl (C=O) groups is 1. The Morgan fingerprint density at radius 3 is 2.94 bits per heavy atom. The van der Waals surface area contributed by atoms with Crippen LogP contribution in [0.3, 0.4) is 0 Å². The van der Waals surface area contributed by atoms with Gasteiger partial charge in [-0.05, 0) is 36.5 Å². The summed E-state index contributed by atoms with van der Waals surface area (Å²) in [6.07, 6.45) is 6.41. The summed E-state index contributed by atoms with van der Waals surface area (Å²) in [4.78, 5) is 11.3. The molecule has 1 aromatic rings. The van der Waals surface area contributed by atoms with E-state index >= 15 is 0 Å². The van der Waals surface area contributed by atoms with Crippen molar-refractivity contribution in [3.05, 3.63) is 29.3 Å². The first-order valence-electron chi connectivity index (χ1n) is 6.21. The first-order valence-corrected chi connectivity index (χ1v) is 6.21. The molecule has 0 saturated carbocycles. The van der Waals surface area contributed by atoms with Crippen LogP contribution in [0.1, 0.15) is 43.7 Å². The van der Waals surface area contributed by atoms with Gasteiger partial charge in [0.2, 0.25) is 5.91 Å². The van der Waals surface area contributed by atoms with Crippen molar-refractivity contribution < 1.29 is 4.79 Å². The van der Waals surface area contributed by atoms with Crippen molar-refractivity contribution in [2.24, 2.45) is 0 Å². The molecule has 0 aliphatic carbocycles. The van der Waals surface area contributed by atoms with Gasteiger partial charge in [-0.25, -0.2) is 0 Å². The van der Waals surface area contributed by atoms with Crippen LogP contribution in [0.4, 0.5) is 5.69 Å². The Bertz CT molecular complexity index is 384. The maximum absolute atomic E-state index is 11.3. The van der Waals surface area contributed by atoms with E-state index in [9.17, 15) is 4.79 Å². The number of benzene rings is 1. The highest BCUT2D eigenvalue weighted by atomic mass is 16.1. The second kappa shape index (κ2) is 5.15. The Labute approximate surface area is 97.1 Å². The minimum Gasteiger partial charge on any atom is -0.326 e. The SMILES string of the molecule is CCCCCc1ccc2c(c1)NC(=O)CC2. The molecular weight excluding hydrogens is 198 g/mol. The van der Waals surface area contributed by atoms with E-state index in [0.717, 1.165) is 18.5 Å². The predicted molar refractivity (Wildman–Crippen MR) is 66.6 cm³/mol. The molecule has 1 aliphatic rings. The molecule has 0 unspecified atom stereocenters. The number of unbranched alkanes of at least 4 members (excludes halogenated alkanes) is 2. The van der Waals surface area contributed by atoms with E-state index in [0.29, 0.717) is 6.42 Å². The molecule has 0 bridgehead atoms. The van der Waals surface area contributed by atoms with Crippen molar-refractivity contribution in [1.82, 2.24) is 0 Å². The zero-order valence-corrected chi connectivity index (χ0v) is 9.88. The maximum Gasteiger partial charge on any atom is 0.224 e. The summed E-state index contributed by atoms with van der Waals surface area (Å²) < 4.78 is 0. The van der Waals surface area contributed by atoms with E-state index in [4.69, 9.17) is 0 Å². The average molecular weight is 217 g/mol. The van der Waals surface area contributed by atoms with E-state index in [1.54, 1.807) is 0 Å². The van der Waals surface area contributed by atoms with Gasteiger partial charge in [0.1, 0.15) is 0 Å². The summed E-state index contributed by atoms with van der Waals surface area (Å²) >= 11 is 0. The number of carbonyl (C=O) groups excluding carboxylic acids is 1. The van der Waals surface area contributed by atoms with Gasteiger partial charge < -0.3 is 5.32 Å². The van der Waals surface area contributed by atoms with Gasteiger partial charge in [-0.2, -0.15) is 0 Å². The monoisotopic (exact) mass is 217 g/mol. The van der Waals surface area contributed by atoms with Crippen LogP contribution in [-0.2, 0) is 17.6 Å². The van der Waals surface area contributed by atoms with Gasteiger partial charge in [-0.15, -0.1) is 0 Å². The highest BCUT2D eigenvalue weighted by molar-refractivity contribution is 5.93. The first kappa shape index (κ1) is 11.2. The van der Waals surface area contributed by atoms with E-state index in [2.05, 4.69) is 30.4 Å². The maximum atomic E-state index is 11.3. The summed E-state index contributed by atoms with van der Waals surface area (Å²) in [5, 5.41) is 2.95. The van der Waals surface area contributed by atoms with Crippen molar-refractivity contribution in [1.29, 1.82) is 0 Å². The van der Waals surface area contributed by atoms with Crippen LogP contribution in [0.5, 0.6) is 0 Å². The highest BCUT2D eigenvalue weighted by Crippen LogP contribution is 2.24. The third-order valence-electron chi connectivity index (χ3n) is 3.14. The second-order valence-electron chi connectivity index (χ2n) is 4.50. The highest BCUT2D eigenvalue weighted by Gasteiger charge is 2.14. The standard InChI is InChI=1S/C14H19NO/c1-2-3-4-5-11-6-7-12-8-9-14(16)15-13(12)10-11/h6-7,10H,2-5,8-9H2,1H3,(H,15,16). The molecule has 1 N–H and O–H groups in total. The minimum absolute atomic E-state index is 0.151. The molecule has 2 heteroatoms. The van der Waals surface area contributed by atoms with E-state index < -0.39 is 0 Å². The van der Waals surface area contributed by atoms with Gasteiger partial charge in [0.15, 0.2) is 0 Å². The molecule has 0 spiro atoms. The molecule has 0 saturated heterocycles. The quantitative estimate of drug-likeness (QED) is 0.770. The second-order valence-corrected chi connectivity index (χ2v) is 4.50. The number of rotatable bonds is 4. The molecule has 0 atom stereocenters. The summed E-state index contributed by atoms with van der Waals surface area (Å²) in [6.45, 7) is 2.22. The van der Waals surface area contributed by atoms with Gasteiger partial charge in [0.25, 0.3) is 0 Å². The molecule has 0 fully saturated rings. The molecule has 86 valence electrons. The number of amides is 1. The van der Waals surface area contributed by atoms with Crippen molar-refractivity contribution in [2.75, 3.05) is 5.32 Å². The molecule has 0 aromatic heterocycles. The van der Waals surface area contributed by atoms with Crippen LogP contribution in [0, 0.1) is 0 Å². The Hall–Kier alpha value is -1.31. The lowest BCUT2D eigenvalue weighted by Gasteiger charge is -2.17. The number of aryl methyl sites for hydroxylation is 2. The summed E-state index contributed by atoms with van der Waals surface area (Å²) in [6, 6.07) is 6.50. The third-order valence-corrected chi connectivity index (χ3v) is 3.14. The normalized spacial score (nSPS) is 14.4. The number of fused-ring (bicyclic) bond motifs is 1. The fraction of sp³-hybridized carbons (Fsp3) is 0.500. The number of hydrogen-bond donors (Lipinski definition) is 1. The summed E-state index contributed by atoms with van der Waals surface area (Å²) in [5.41, 5.74) is 3.65. The zero-order valence-electron chi connectivity index (χ0n) is 9.88. The molecule has 1 heterocycles. The Morgan fingerprint density at radius 2 is 2.12 bits per heavy atom. The fourth-order valence-electron chi connectivity index (χ4n) is 2.15. The summed E-state index contributed by atoms with van der Waals surface area (Å²) in [7, 11) is 0. The van der Waals surface area contributed by atoms with Gasteiger partial charge in [-0.1, -0.05) is 31.9 Å². The zero-order chi connectivity index (χ0) is 11.4. The van der Waals surface area contributed by atoms with E-state index in [1.165, 1.54) is 30.4 Å². The largest absolute Gasteiger partial charge is 0.326 e. The van der Waals surface area contributed by atoms with Crippen molar-refractivity contribution in [3.63, 3.8) is 0 Å². The van der Waals surface area contributed by atoms with E-state index in [1.807, 2.05) is 0 Å². The molecular formula is C14H19NO. The Morgan fingerprint density at radius 1 is 1.25 bits per heavy atom. The van der Waals surface area contributed by atoms with Crippen LogP contribution in [0.25, 0.3) is 0 Å². The average Bonchev–Trinajstić information content (AvgIpc) is 2.29. The van der Waals surface area contributed by atoms with Gasteiger partial charge in [0.05, 0.1) is 0 Å². The molecule has 1 amide bonds. The smallest absolute Gasteiger partial charge is 0.224 e. The van der Waals surface area contributed by atoms with Crippen LogP contribution >= 0.6 is 0 Å². The molecule has 2 nitrogen and oxygen atoms in total. The third kappa shape index (κ3) is 2.63. The van der Waals surface area contributed by atoms with Crippen molar-refractivity contribution in [3.8, 4) is 0 Å². The molecule has 2 rings (SSSR count). The number of anilines is 1. The number of nitrogens with one attached hydrogen (secondary N) is 1. The lowest BCUT2D eigenvalue weighted by Crippen LogP contribution is -2.18. The molecule has 16 heavy (non-hydrogen) atoms. The lowest BCUT2D eigenvalue weighted by atomic mass is 9.98. The van der Waals surface area contributed by atoms with Crippen LogP contribution in [0.2, 0.25) is 0 Å².